The third-order valence-electron chi connectivity index (χ3n) is 5.17. The number of hydrogen-bond donors (Lipinski definition) is 3. The van der Waals surface area contributed by atoms with Crippen LogP contribution in [0.15, 0.2) is 53.5 Å². The highest BCUT2D eigenvalue weighted by Crippen LogP contribution is 2.23. The average molecular weight is 392 g/mol. The van der Waals surface area contributed by atoms with Crippen LogP contribution in [0.4, 0.5) is 5.69 Å². The van der Waals surface area contributed by atoms with Gasteiger partial charge in [0.1, 0.15) is 6.07 Å². The van der Waals surface area contributed by atoms with E-state index in [0.29, 0.717) is 12.1 Å². The Hall–Kier alpha value is -3.04. The molecule has 3 N–H and O–H groups in total. The van der Waals surface area contributed by atoms with Crippen molar-refractivity contribution in [2.45, 2.75) is 39.0 Å². The number of piperidine rings is 1. The molecule has 0 radical (unpaired) electrons. The Morgan fingerprint density at radius 1 is 1.21 bits per heavy atom. The summed E-state index contributed by atoms with van der Waals surface area (Å²) in [5.41, 5.74) is 3.65. The molecule has 3 rings (SSSR count). The zero-order valence-corrected chi connectivity index (χ0v) is 16.9. The molecule has 2 aromatic rings. The number of hydrogen-bond acceptors (Lipinski definition) is 4. The minimum Gasteiger partial charge on any atom is -0.392 e. The SMILES string of the molecule is CCNC(=NCc1ccccc1CO)NC1CCCN(c2ccccc2C#N)C1. The van der Waals surface area contributed by atoms with Crippen molar-refractivity contribution in [3.8, 4) is 6.07 Å². The largest absolute Gasteiger partial charge is 0.392 e. The van der Waals surface area contributed by atoms with Crippen molar-refractivity contribution in [1.82, 2.24) is 10.6 Å². The summed E-state index contributed by atoms with van der Waals surface area (Å²) >= 11 is 0. The lowest BCUT2D eigenvalue weighted by molar-refractivity contribution is 0.280. The molecule has 1 heterocycles. The van der Waals surface area contributed by atoms with Crippen LogP contribution in [0.3, 0.4) is 0 Å². The van der Waals surface area contributed by atoms with Crippen molar-refractivity contribution < 1.29 is 5.11 Å². The Morgan fingerprint density at radius 3 is 2.72 bits per heavy atom. The minimum atomic E-state index is 0.0194. The van der Waals surface area contributed by atoms with Crippen molar-refractivity contribution in [2.75, 3.05) is 24.5 Å². The van der Waals surface area contributed by atoms with Gasteiger partial charge in [-0.3, -0.25) is 0 Å². The highest BCUT2D eigenvalue weighted by Gasteiger charge is 2.22. The van der Waals surface area contributed by atoms with Crippen LogP contribution < -0.4 is 15.5 Å². The highest BCUT2D eigenvalue weighted by atomic mass is 16.3. The third kappa shape index (κ3) is 5.49. The summed E-state index contributed by atoms with van der Waals surface area (Å²) in [6, 6.07) is 18.2. The van der Waals surface area contributed by atoms with Crippen LogP contribution in [-0.2, 0) is 13.2 Å². The molecule has 1 atom stereocenters. The van der Waals surface area contributed by atoms with E-state index in [0.717, 1.165) is 55.2 Å². The van der Waals surface area contributed by atoms with Gasteiger partial charge in [-0.15, -0.1) is 0 Å². The standard InChI is InChI=1S/C23H29N5O/c1-2-25-23(26-15-19-9-3-4-10-20(19)17-29)27-21-11-7-13-28(16-21)22-12-6-5-8-18(22)14-24/h3-6,8-10,12,21,29H,2,7,11,13,15-17H2,1H3,(H2,25,26,27). The number of aliphatic imine (C=N–C) groups is 1. The zero-order valence-electron chi connectivity index (χ0n) is 16.9. The second kappa shape index (κ2) is 10.5. The monoisotopic (exact) mass is 391 g/mol. The number of aliphatic hydroxyl groups excluding tert-OH is 1. The summed E-state index contributed by atoms with van der Waals surface area (Å²) in [7, 11) is 0. The number of nitrogens with one attached hydrogen (secondary N) is 2. The van der Waals surface area contributed by atoms with Crippen LogP contribution in [0.25, 0.3) is 0 Å². The van der Waals surface area contributed by atoms with E-state index in [1.54, 1.807) is 0 Å². The summed E-state index contributed by atoms with van der Waals surface area (Å²) in [6.07, 6.45) is 2.12. The summed E-state index contributed by atoms with van der Waals surface area (Å²) in [6.45, 7) is 5.15. The topological polar surface area (TPSA) is 83.7 Å². The summed E-state index contributed by atoms with van der Waals surface area (Å²) in [5.74, 6) is 0.778. The van der Waals surface area contributed by atoms with Gasteiger partial charge in [-0.05, 0) is 43.0 Å². The van der Waals surface area contributed by atoms with Crippen molar-refractivity contribution >= 4 is 11.6 Å². The van der Waals surface area contributed by atoms with E-state index >= 15 is 0 Å². The Morgan fingerprint density at radius 2 is 1.97 bits per heavy atom. The van der Waals surface area contributed by atoms with Crippen molar-refractivity contribution in [1.29, 1.82) is 5.26 Å². The van der Waals surface area contributed by atoms with E-state index in [2.05, 4.69) is 28.5 Å². The lowest BCUT2D eigenvalue weighted by Gasteiger charge is -2.35. The van der Waals surface area contributed by atoms with Crippen LogP contribution >= 0.6 is 0 Å². The molecule has 152 valence electrons. The number of guanidine groups is 1. The van der Waals surface area contributed by atoms with Gasteiger partial charge in [0.2, 0.25) is 0 Å². The maximum atomic E-state index is 9.52. The van der Waals surface area contributed by atoms with Crippen LogP contribution in [0, 0.1) is 11.3 Å². The quantitative estimate of drug-likeness (QED) is 0.521. The van der Waals surface area contributed by atoms with Gasteiger partial charge in [-0.1, -0.05) is 36.4 Å². The van der Waals surface area contributed by atoms with E-state index in [9.17, 15) is 10.4 Å². The number of nitriles is 1. The Balaban J connectivity index is 1.69. The van der Waals surface area contributed by atoms with Crippen LogP contribution in [0.2, 0.25) is 0 Å². The Kier molecular flexibility index (Phi) is 7.48. The number of benzene rings is 2. The number of para-hydroxylation sites is 1. The molecule has 6 nitrogen and oxygen atoms in total. The predicted molar refractivity (Wildman–Crippen MR) is 117 cm³/mol. The lowest BCUT2D eigenvalue weighted by Crippen LogP contribution is -2.51. The van der Waals surface area contributed by atoms with E-state index in [-0.39, 0.29) is 12.6 Å². The van der Waals surface area contributed by atoms with Crippen molar-refractivity contribution in [3.05, 3.63) is 65.2 Å². The first-order valence-electron chi connectivity index (χ1n) is 10.2. The first kappa shape index (κ1) is 20.7. The van der Waals surface area contributed by atoms with Crippen molar-refractivity contribution in [2.24, 2.45) is 4.99 Å². The van der Waals surface area contributed by atoms with E-state index in [1.165, 1.54) is 0 Å². The van der Waals surface area contributed by atoms with Gasteiger partial charge < -0.3 is 20.6 Å². The van der Waals surface area contributed by atoms with E-state index in [4.69, 9.17) is 4.99 Å². The van der Waals surface area contributed by atoms with Crippen LogP contribution in [0.1, 0.15) is 36.5 Å². The molecular weight excluding hydrogens is 362 g/mol. The molecule has 1 fully saturated rings. The number of nitrogens with zero attached hydrogens (tertiary/aromatic N) is 3. The highest BCUT2D eigenvalue weighted by molar-refractivity contribution is 5.80. The fraction of sp³-hybridized carbons (Fsp3) is 0.391. The molecule has 1 aliphatic heterocycles. The van der Waals surface area contributed by atoms with Gasteiger partial charge in [0.25, 0.3) is 0 Å². The van der Waals surface area contributed by atoms with Gasteiger partial charge in [-0.25, -0.2) is 4.99 Å². The molecule has 0 spiro atoms. The molecule has 1 saturated heterocycles. The second-order valence-corrected chi connectivity index (χ2v) is 7.18. The van der Waals surface area contributed by atoms with E-state index in [1.807, 2.05) is 48.5 Å². The summed E-state index contributed by atoms with van der Waals surface area (Å²) in [5, 5.41) is 25.8. The maximum absolute atomic E-state index is 9.52. The Labute approximate surface area is 172 Å². The molecule has 0 aliphatic carbocycles. The Bertz CT molecular complexity index is 874. The van der Waals surface area contributed by atoms with Crippen LogP contribution in [-0.4, -0.2) is 36.7 Å². The van der Waals surface area contributed by atoms with Gasteiger partial charge in [0.15, 0.2) is 5.96 Å². The van der Waals surface area contributed by atoms with Gasteiger partial charge in [-0.2, -0.15) is 5.26 Å². The normalized spacial score (nSPS) is 16.9. The second-order valence-electron chi connectivity index (χ2n) is 7.18. The molecular formula is C23H29N5O. The van der Waals surface area contributed by atoms with Crippen molar-refractivity contribution in [3.63, 3.8) is 0 Å². The molecule has 29 heavy (non-hydrogen) atoms. The summed E-state index contributed by atoms with van der Waals surface area (Å²) in [4.78, 5) is 7.01. The smallest absolute Gasteiger partial charge is 0.191 e. The molecule has 0 aromatic heterocycles. The minimum absolute atomic E-state index is 0.0194. The van der Waals surface area contributed by atoms with Gasteiger partial charge in [0.05, 0.1) is 24.4 Å². The molecule has 6 heteroatoms. The predicted octanol–water partition coefficient (Wildman–Crippen LogP) is 2.77. The third-order valence-corrected chi connectivity index (χ3v) is 5.17. The molecule has 1 aliphatic rings. The summed E-state index contributed by atoms with van der Waals surface area (Å²) < 4.78 is 0. The number of aliphatic hydroxyl groups is 1. The average Bonchev–Trinajstić information content (AvgIpc) is 2.78. The first-order chi connectivity index (χ1) is 14.2. The molecule has 1 unspecified atom stereocenters. The van der Waals surface area contributed by atoms with Crippen LogP contribution in [0.5, 0.6) is 0 Å². The molecule has 2 aromatic carbocycles. The molecule has 0 bridgehead atoms. The fourth-order valence-corrected chi connectivity index (χ4v) is 3.70. The maximum Gasteiger partial charge on any atom is 0.191 e. The van der Waals surface area contributed by atoms with Gasteiger partial charge >= 0.3 is 0 Å². The van der Waals surface area contributed by atoms with E-state index < -0.39 is 0 Å². The van der Waals surface area contributed by atoms with Gasteiger partial charge in [0, 0.05) is 25.7 Å². The molecule has 0 saturated carbocycles. The molecule has 0 amide bonds. The fourth-order valence-electron chi connectivity index (χ4n) is 3.70. The number of rotatable bonds is 6. The zero-order chi connectivity index (χ0) is 20.5. The number of anilines is 1. The lowest BCUT2D eigenvalue weighted by atomic mass is 10.0. The first-order valence-corrected chi connectivity index (χ1v) is 10.2.